The molecule has 1 aromatic heterocycles. The molecule has 2 fully saturated rings. The number of nitrogens with two attached hydrogens (primary N) is 1. The van der Waals surface area contributed by atoms with Gasteiger partial charge in [-0.3, -0.25) is 9.69 Å². The summed E-state index contributed by atoms with van der Waals surface area (Å²) in [6, 6.07) is 4.73. The van der Waals surface area contributed by atoms with E-state index in [0.717, 1.165) is 52.1 Å². The van der Waals surface area contributed by atoms with Gasteiger partial charge in [-0.05, 0) is 30.2 Å². The first kappa shape index (κ1) is 17.9. The molecule has 3 atom stereocenters. The predicted octanol–water partition coefficient (Wildman–Crippen LogP) is 2.10. The Labute approximate surface area is 148 Å². The Bertz CT molecular complexity index is 516. The molecular weight excluding hydrogens is 322 g/mol. The molecule has 5 nitrogen and oxygen atoms in total. The van der Waals surface area contributed by atoms with Gasteiger partial charge in [0.2, 0.25) is 5.91 Å². The minimum atomic E-state index is 0.203. The van der Waals surface area contributed by atoms with Gasteiger partial charge in [0.1, 0.15) is 0 Å². The van der Waals surface area contributed by atoms with Crippen LogP contribution >= 0.6 is 11.3 Å². The van der Waals surface area contributed by atoms with Crippen LogP contribution in [0.3, 0.4) is 0 Å². The topological polar surface area (TPSA) is 58.8 Å². The van der Waals surface area contributed by atoms with E-state index in [2.05, 4.69) is 22.4 Å². The van der Waals surface area contributed by atoms with Gasteiger partial charge in [-0.1, -0.05) is 12.5 Å². The molecule has 0 radical (unpaired) electrons. The molecule has 1 amide bonds. The van der Waals surface area contributed by atoms with Gasteiger partial charge in [0, 0.05) is 44.0 Å². The molecule has 0 bridgehead atoms. The molecule has 1 saturated carbocycles. The minimum absolute atomic E-state index is 0.203. The predicted molar refractivity (Wildman–Crippen MR) is 97.0 cm³/mol. The molecule has 6 heteroatoms. The van der Waals surface area contributed by atoms with Crippen LogP contribution < -0.4 is 5.73 Å². The quantitative estimate of drug-likeness (QED) is 0.853. The molecule has 24 heavy (non-hydrogen) atoms. The maximum Gasteiger partial charge on any atom is 0.222 e. The Hall–Kier alpha value is -0.950. The van der Waals surface area contributed by atoms with E-state index in [9.17, 15) is 4.79 Å². The Morgan fingerprint density at radius 2 is 2.25 bits per heavy atom. The summed E-state index contributed by atoms with van der Waals surface area (Å²) in [6.45, 7) is 4.14. The number of hydrogen-bond donors (Lipinski definition) is 1. The smallest absolute Gasteiger partial charge is 0.222 e. The van der Waals surface area contributed by atoms with Crippen molar-refractivity contribution in [1.29, 1.82) is 0 Å². The van der Waals surface area contributed by atoms with Gasteiger partial charge in [0.05, 0.1) is 19.3 Å². The Balaban J connectivity index is 1.61. The van der Waals surface area contributed by atoms with E-state index in [-0.39, 0.29) is 18.0 Å². The highest BCUT2D eigenvalue weighted by Gasteiger charge is 2.30. The summed E-state index contributed by atoms with van der Waals surface area (Å²) < 4.78 is 5.49. The number of likely N-dealkylation sites (N-methyl/N-ethyl adjacent to an activating group) is 1. The van der Waals surface area contributed by atoms with Crippen LogP contribution in [0, 0.1) is 5.92 Å². The number of amides is 1. The summed E-state index contributed by atoms with van der Waals surface area (Å²) in [7, 11) is 1.93. The van der Waals surface area contributed by atoms with E-state index in [1.807, 2.05) is 11.9 Å². The fourth-order valence-electron chi connectivity index (χ4n) is 3.82. The number of carbonyl (C=O) groups is 1. The molecule has 1 aromatic rings. The summed E-state index contributed by atoms with van der Waals surface area (Å²) in [5.74, 6) is 0.593. The molecule has 0 spiro atoms. The SMILES string of the molecule is CN(CC(c1cccs1)N1CCOCC1)C(=O)C[C@@H]1CCC[C@H]1N. The molecule has 1 aliphatic carbocycles. The monoisotopic (exact) mass is 351 g/mol. The molecule has 2 N–H and O–H groups in total. The lowest BCUT2D eigenvalue weighted by atomic mass is 9.99. The van der Waals surface area contributed by atoms with Crippen molar-refractivity contribution >= 4 is 17.2 Å². The second-order valence-corrected chi connectivity index (χ2v) is 7.99. The van der Waals surface area contributed by atoms with Gasteiger partial charge in [-0.15, -0.1) is 11.3 Å². The fraction of sp³-hybridized carbons (Fsp3) is 0.722. The third-order valence-electron chi connectivity index (χ3n) is 5.39. The zero-order chi connectivity index (χ0) is 16.9. The lowest BCUT2D eigenvalue weighted by Gasteiger charge is -2.36. The second kappa shape index (κ2) is 8.43. The molecule has 1 unspecified atom stereocenters. The molecule has 1 saturated heterocycles. The average molecular weight is 352 g/mol. The van der Waals surface area contributed by atoms with Crippen molar-refractivity contribution in [3.05, 3.63) is 22.4 Å². The van der Waals surface area contributed by atoms with E-state index in [1.54, 1.807) is 11.3 Å². The van der Waals surface area contributed by atoms with E-state index in [1.165, 1.54) is 4.88 Å². The van der Waals surface area contributed by atoms with Gasteiger partial charge in [0.15, 0.2) is 0 Å². The third kappa shape index (κ3) is 4.36. The second-order valence-electron chi connectivity index (χ2n) is 7.01. The number of thiophene rings is 1. The molecular formula is C18H29N3O2S. The van der Waals surface area contributed by atoms with Crippen molar-refractivity contribution in [2.24, 2.45) is 11.7 Å². The molecule has 2 aliphatic rings. The van der Waals surface area contributed by atoms with E-state index < -0.39 is 0 Å². The largest absolute Gasteiger partial charge is 0.379 e. The van der Waals surface area contributed by atoms with Crippen LogP contribution in [0.4, 0.5) is 0 Å². The number of morpholine rings is 1. The van der Waals surface area contributed by atoms with Gasteiger partial charge in [-0.25, -0.2) is 0 Å². The first-order chi connectivity index (χ1) is 11.6. The van der Waals surface area contributed by atoms with E-state index in [4.69, 9.17) is 10.5 Å². The summed E-state index contributed by atoms with van der Waals surface area (Å²) in [5.41, 5.74) is 6.13. The van der Waals surface area contributed by atoms with Gasteiger partial charge in [-0.2, -0.15) is 0 Å². The van der Waals surface area contributed by atoms with Gasteiger partial charge in [0.25, 0.3) is 0 Å². The highest BCUT2D eigenvalue weighted by molar-refractivity contribution is 7.10. The lowest BCUT2D eigenvalue weighted by molar-refractivity contribution is -0.132. The zero-order valence-electron chi connectivity index (χ0n) is 14.5. The van der Waals surface area contributed by atoms with Crippen molar-refractivity contribution in [2.75, 3.05) is 39.9 Å². The first-order valence-corrected chi connectivity index (χ1v) is 9.88. The zero-order valence-corrected chi connectivity index (χ0v) is 15.3. The van der Waals surface area contributed by atoms with Crippen LogP contribution in [0.1, 0.15) is 36.6 Å². The highest BCUT2D eigenvalue weighted by atomic mass is 32.1. The summed E-state index contributed by atoms with van der Waals surface area (Å²) >= 11 is 1.77. The van der Waals surface area contributed by atoms with E-state index >= 15 is 0 Å². The van der Waals surface area contributed by atoms with Gasteiger partial charge >= 0.3 is 0 Å². The van der Waals surface area contributed by atoms with Crippen molar-refractivity contribution in [3.63, 3.8) is 0 Å². The Morgan fingerprint density at radius 1 is 1.46 bits per heavy atom. The number of carbonyl (C=O) groups excluding carboxylic acids is 1. The fourth-order valence-corrected chi connectivity index (χ4v) is 4.67. The number of ether oxygens (including phenoxy) is 1. The van der Waals surface area contributed by atoms with Crippen LogP contribution in [0.25, 0.3) is 0 Å². The Morgan fingerprint density at radius 3 is 2.88 bits per heavy atom. The van der Waals surface area contributed by atoms with Crippen molar-refractivity contribution < 1.29 is 9.53 Å². The van der Waals surface area contributed by atoms with E-state index in [0.29, 0.717) is 12.3 Å². The number of nitrogens with zero attached hydrogens (tertiary/aromatic N) is 2. The van der Waals surface area contributed by atoms with Crippen molar-refractivity contribution in [1.82, 2.24) is 9.80 Å². The number of hydrogen-bond acceptors (Lipinski definition) is 5. The van der Waals surface area contributed by atoms with Crippen LogP contribution in [0.15, 0.2) is 17.5 Å². The maximum atomic E-state index is 12.7. The van der Waals surface area contributed by atoms with Crippen LogP contribution in [0.5, 0.6) is 0 Å². The van der Waals surface area contributed by atoms with Crippen LogP contribution in [-0.4, -0.2) is 61.6 Å². The maximum absolute atomic E-state index is 12.7. The Kier molecular flexibility index (Phi) is 6.27. The molecule has 3 rings (SSSR count). The first-order valence-electron chi connectivity index (χ1n) is 9.00. The average Bonchev–Trinajstić information content (AvgIpc) is 3.26. The van der Waals surface area contributed by atoms with Crippen LogP contribution in [-0.2, 0) is 9.53 Å². The normalized spacial score (nSPS) is 26.4. The molecule has 134 valence electrons. The van der Waals surface area contributed by atoms with Crippen molar-refractivity contribution in [2.45, 2.75) is 37.8 Å². The molecule has 2 heterocycles. The molecule has 1 aliphatic heterocycles. The number of rotatable bonds is 6. The highest BCUT2D eigenvalue weighted by Crippen LogP contribution is 2.29. The standard InChI is InChI=1S/C18H29N3O2S/c1-20(18(22)12-14-4-2-5-15(14)19)13-16(17-6-3-11-24-17)21-7-9-23-10-8-21/h3,6,11,14-16H,2,4-5,7-10,12-13,19H2,1H3/t14-,15+,16?/m0/s1. The summed E-state index contributed by atoms with van der Waals surface area (Å²) in [4.78, 5) is 18.3. The van der Waals surface area contributed by atoms with Gasteiger partial charge < -0.3 is 15.4 Å². The molecule has 0 aromatic carbocycles. The third-order valence-corrected chi connectivity index (χ3v) is 6.36. The minimum Gasteiger partial charge on any atom is -0.379 e. The lowest BCUT2D eigenvalue weighted by Crippen LogP contribution is -2.44. The van der Waals surface area contributed by atoms with Crippen LogP contribution in [0.2, 0.25) is 0 Å². The summed E-state index contributed by atoms with van der Waals surface area (Å²) in [6.07, 6.45) is 3.91. The van der Waals surface area contributed by atoms with Crippen molar-refractivity contribution in [3.8, 4) is 0 Å². The summed E-state index contributed by atoms with van der Waals surface area (Å²) in [5, 5.41) is 2.11.